The molecule has 0 radical (unpaired) electrons. The standard InChI is InChI=1S/C33H54N.C18H36O2/c1-6-7-8-9-10-11-12-13-14-15-16-17-18-22-25-34(4,5)33(31-23-20-19-21-24-31)32-27-29(2)26-30(3)28-32;1-2-3-4-5-6-7-8-9-10-11-12-13-14-15-16-17-18(19)20/h19-21,23-24,26-28,33H,6-18,22,25H2,1-5H3;2-17H2,1H3,(H,19,20)/q+1;. The van der Waals surface area contributed by atoms with E-state index in [9.17, 15) is 4.79 Å². The number of aliphatic carboxylic acids is 1. The molecule has 1 unspecified atom stereocenters. The van der Waals surface area contributed by atoms with E-state index in [-0.39, 0.29) is 0 Å². The number of hydrogen-bond donors (Lipinski definition) is 1. The van der Waals surface area contributed by atoms with Gasteiger partial charge in [-0.15, -0.1) is 0 Å². The summed E-state index contributed by atoms with van der Waals surface area (Å²) < 4.78 is 1.02. The molecule has 54 heavy (non-hydrogen) atoms. The van der Waals surface area contributed by atoms with Gasteiger partial charge in [-0.3, -0.25) is 4.79 Å². The summed E-state index contributed by atoms with van der Waals surface area (Å²) in [6, 6.07) is 18.6. The Balaban J connectivity index is 0.000000623. The molecule has 3 heteroatoms. The van der Waals surface area contributed by atoms with Gasteiger partial charge in [-0.1, -0.05) is 228 Å². The fourth-order valence-electron chi connectivity index (χ4n) is 8.29. The molecule has 0 spiro atoms. The monoisotopic (exact) mass is 749 g/mol. The van der Waals surface area contributed by atoms with Crippen molar-refractivity contribution in [1.29, 1.82) is 0 Å². The van der Waals surface area contributed by atoms with E-state index in [2.05, 4.69) is 90.3 Å². The molecule has 3 nitrogen and oxygen atoms in total. The molecule has 0 amide bonds. The molecule has 2 aromatic carbocycles. The van der Waals surface area contributed by atoms with Crippen LogP contribution in [-0.2, 0) is 4.79 Å². The SMILES string of the molecule is CCCCCCCCCCCCCCCCCC(=O)O.CCCCCCCCCCCCCCCC[N+](C)(C)C(c1ccccc1)c1cc(C)cc(C)c1. The van der Waals surface area contributed by atoms with E-state index in [1.54, 1.807) is 0 Å². The molecule has 1 atom stereocenters. The lowest BCUT2D eigenvalue weighted by molar-refractivity contribution is -0.915. The molecule has 0 fully saturated rings. The molecule has 0 saturated carbocycles. The number of unbranched alkanes of at least 4 members (excludes halogenated alkanes) is 27. The summed E-state index contributed by atoms with van der Waals surface area (Å²) in [5.41, 5.74) is 5.63. The smallest absolute Gasteiger partial charge is 0.303 e. The quantitative estimate of drug-likeness (QED) is 0.0572. The highest BCUT2D eigenvalue weighted by Gasteiger charge is 2.31. The summed E-state index contributed by atoms with van der Waals surface area (Å²) in [5.74, 6) is -0.653. The van der Waals surface area contributed by atoms with Crippen LogP contribution in [0.5, 0.6) is 0 Å². The lowest BCUT2D eigenvalue weighted by Crippen LogP contribution is -2.44. The van der Waals surface area contributed by atoms with Crippen molar-refractivity contribution in [2.75, 3.05) is 20.6 Å². The van der Waals surface area contributed by atoms with Gasteiger partial charge in [0.2, 0.25) is 0 Å². The summed E-state index contributed by atoms with van der Waals surface area (Å²) >= 11 is 0. The van der Waals surface area contributed by atoms with Gasteiger partial charge in [0.1, 0.15) is 6.04 Å². The second kappa shape index (κ2) is 34.1. The zero-order valence-electron chi connectivity index (χ0n) is 36.9. The third-order valence-electron chi connectivity index (χ3n) is 11.5. The van der Waals surface area contributed by atoms with Gasteiger partial charge < -0.3 is 9.59 Å². The molecular formula is C51H90NO2+. The molecule has 2 rings (SSSR count). The van der Waals surface area contributed by atoms with Crippen LogP contribution < -0.4 is 0 Å². The molecule has 0 saturated heterocycles. The van der Waals surface area contributed by atoms with Crippen LogP contribution in [0.2, 0.25) is 0 Å². The van der Waals surface area contributed by atoms with E-state index in [0.29, 0.717) is 12.5 Å². The maximum Gasteiger partial charge on any atom is 0.303 e. The highest BCUT2D eigenvalue weighted by Crippen LogP contribution is 2.34. The van der Waals surface area contributed by atoms with Gasteiger partial charge >= 0.3 is 5.97 Å². The van der Waals surface area contributed by atoms with Gasteiger partial charge in [0.15, 0.2) is 0 Å². The second-order valence-corrected chi connectivity index (χ2v) is 17.4. The molecule has 0 aromatic heterocycles. The minimum atomic E-state index is -0.653. The lowest BCUT2D eigenvalue weighted by Gasteiger charge is -2.39. The Labute approximate surface area is 337 Å². The van der Waals surface area contributed by atoms with E-state index in [1.807, 2.05) is 0 Å². The van der Waals surface area contributed by atoms with E-state index < -0.39 is 5.97 Å². The van der Waals surface area contributed by atoms with Crippen LogP contribution in [0.1, 0.15) is 235 Å². The molecule has 310 valence electrons. The number of nitrogens with zero attached hydrogens (tertiary/aromatic N) is 1. The van der Waals surface area contributed by atoms with E-state index in [0.717, 1.165) is 17.3 Å². The van der Waals surface area contributed by atoms with Crippen LogP contribution >= 0.6 is 0 Å². The van der Waals surface area contributed by atoms with Crippen LogP contribution in [0, 0.1) is 13.8 Å². The number of carbonyl (C=O) groups is 1. The minimum Gasteiger partial charge on any atom is -0.481 e. The summed E-state index contributed by atoms with van der Waals surface area (Å²) in [6.45, 7) is 10.3. The fraction of sp³-hybridized carbons (Fsp3) is 0.745. The molecular weight excluding hydrogens is 659 g/mol. The second-order valence-electron chi connectivity index (χ2n) is 17.4. The minimum absolute atomic E-state index is 0.345. The van der Waals surface area contributed by atoms with Gasteiger partial charge in [0, 0.05) is 17.5 Å². The number of quaternary nitrogens is 1. The first kappa shape index (κ1) is 49.9. The summed E-state index contributed by atoms with van der Waals surface area (Å²) in [5, 5.41) is 8.52. The summed E-state index contributed by atoms with van der Waals surface area (Å²) in [4.78, 5) is 10.3. The predicted octanol–water partition coefficient (Wildman–Crippen LogP) is 16.3. The van der Waals surface area contributed by atoms with Gasteiger partial charge in [-0.25, -0.2) is 0 Å². The summed E-state index contributed by atoms with van der Waals surface area (Å²) in [6.07, 6.45) is 40.1. The first-order chi connectivity index (χ1) is 26.2. The van der Waals surface area contributed by atoms with E-state index in [4.69, 9.17) is 5.11 Å². The van der Waals surface area contributed by atoms with Crippen molar-refractivity contribution in [1.82, 2.24) is 0 Å². The number of benzene rings is 2. The Kier molecular flexibility index (Phi) is 31.5. The maximum absolute atomic E-state index is 10.3. The molecule has 2 aromatic rings. The topological polar surface area (TPSA) is 37.3 Å². The molecule has 0 heterocycles. The van der Waals surface area contributed by atoms with Crippen LogP contribution in [0.3, 0.4) is 0 Å². The van der Waals surface area contributed by atoms with Gasteiger partial charge in [0.05, 0.1) is 20.6 Å². The zero-order valence-corrected chi connectivity index (χ0v) is 36.9. The molecule has 0 aliphatic heterocycles. The van der Waals surface area contributed by atoms with Gasteiger partial charge in [-0.05, 0) is 45.2 Å². The van der Waals surface area contributed by atoms with E-state index in [1.165, 1.54) is 202 Å². The van der Waals surface area contributed by atoms with Gasteiger partial charge in [0.25, 0.3) is 0 Å². The van der Waals surface area contributed by atoms with Crippen LogP contribution in [0.4, 0.5) is 0 Å². The Morgan fingerprint density at radius 2 is 0.815 bits per heavy atom. The van der Waals surface area contributed by atoms with Crippen molar-refractivity contribution in [3.05, 3.63) is 70.8 Å². The first-order valence-corrected chi connectivity index (χ1v) is 23.4. The number of carboxylic acids is 1. The molecule has 0 aliphatic carbocycles. The van der Waals surface area contributed by atoms with E-state index >= 15 is 0 Å². The van der Waals surface area contributed by atoms with Crippen molar-refractivity contribution >= 4 is 5.97 Å². The largest absolute Gasteiger partial charge is 0.481 e. The maximum atomic E-state index is 10.3. The summed E-state index contributed by atoms with van der Waals surface area (Å²) in [7, 11) is 4.86. The number of carboxylic acid groups (broad SMARTS) is 1. The third kappa shape index (κ3) is 27.5. The van der Waals surface area contributed by atoms with Crippen molar-refractivity contribution < 1.29 is 14.4 Å². The van der Waals surface area contributed by atoms with Crippen LogP contribution in [0.15, 0.2) is 48.5 Å². The predicted molar refractivity (Wildman–Crippen MR) is 239 cm³/mol. The Morgan fingerprint density at radius 1 is 0.481 bits per heavy atom. The third-order valence-corrected chi connectivity index (χ3v) is 11.5. The highest BCUT2D eigenvalue weighted by atomic mass is 16.4. The Morgan fingerprint density at radius 3 is 1.17 bits per heavy atom. The number of hydrogen-bond acceptors (Lipinski definition) is 1. The van der Waals surface area contributed by atoms with Crippen molar-refractivity contribution in [3.8, 4) is 0 Å². The average molecular weight is 749 g/mol. The Hall–Kier alpha value is -2.13. The number of aryl methyl sites for hydroxylation is 2. The lowest BCUT2D eigenvalue weighted by atomic mass is 9.92. The Bertz CT molecular complexity index is 1110. The normalized spacial score (nSPS) is 12.0. The highest BCUT2D eigenvalue weighted by molar-refractivity contribution is 5.66. The van der Waals surface area contributed by atoms with Gasteiger partial charge in [-0.2, -0.15) is 0 Å². The van der Waals surface area contributed by atoms with Crippen LogP contribution in [-0.4, -0.2) is 36.2 Å². The fourth-order valence-corrected chi connectivity index (χ4v) is 8.29. The van der Waals surface area contributed by atoms with Crippen molar-refractivity contribution in [2.45, 2.75) is 226 Å². The molecule has 0 bridgehead atoms. The molecule has 0 aliphatic rings. The van der Waals surface area contributed by atoms with Crippen LogP contribution in [0.25, 0.3) is 0 Å². The zero-order chi connectivity index (χ0) is 39.5. The van der Waals surface area contributed by atoms with Crippen molar-refractivity contribution in [2.24, 2.45) is 0 Å². The number of rotatable bonds is 34. The molecule has 1 N–H and O–H groups in total. The first-order valence-electron chi connectivity index (χ1n) is 23.4. The van der Waals surface area contributed by atoms with Crippen molar-refractivity contribution in [3.63, 3.8) is 0 Å². The average Bonchev–Trinajstić information content (AvgIpc) is 3.13.